The zero-order valence-corrected chi connectivity index (χ0v) is 13.4. The maximum atomic E-state index is 9.50. The molecule has 1 aliphatic rings. The molecule has 1 rings (SSSR count). The Bertz CT molecular complexity index is 243. The summed E-state index contributed by atoms with van der Waals surface area (Å²) in [5.74, 6) is 0.727. The first-order valence-electron chi connectivity index (χ1n) is 8.06. The molecular formula is C16H34N2O. The summed E-state index contributed by atoms with van der Waals surface area (Å²) >= 11 is 0. The van der Waals surface area contributed by atoms with Crippen LogP contribution in [0.3, 0.4) is 0 Å². The Labute approximate surface area is 119 Å². The molecule has 19 heavy (non-hydrogen) atoms. The van der Waals surface area contributed by atoms with Gasteiger partial charge in [0.25, 0.3) is 0 Å². The molecule has 0 radical (unpaired) electrons. The fraction of sp³-hybridized carbons (Fsp3) is 1.00. The highest BCUT2D eigenvalue weighted by Crippen LogP contribution is 2.26. The van der Waals surface area contributed by atoms with Gasteiger partial charge in [0.15, 0.2) is 0 Å². The van der Waals surface area contributed by atoms with Crippen molar-refractivity contribution < 1.29 is 5.11 Å². The van der Waals surface area contributed by atoms with Crippen molar-refractivity contribution in [3.63, 3.8) is 0 Å². The molecule has 0 aromatic rings. The number of aliphatic hydroxyl groups excluding tert-OH is 1. The number of hydrogen-bond donors (Lipinski definition) is 2. The standard InChI is InChI=1S/C16H34N2O/c1-5-11-17-15-10-8-6-7-9-14(15)12-18(4)16(2,3)13-19/h14-15,17,19H,5-13H2,1-4H3. The molecule has 0 aromatic carbocycles. The lowest BCUT2D eigenvalue weighted by Crippen LogP contribution is -2.49. The summed E-state index contributed by atoms with van der Waals surface area (Å²) < 4.78 is 0. The predicted octanol–water partition coefficient (Wildman–Crippen LogP) is 2.64. The van der Waals surface area contributed by atoms with Crippen LogP contribution in [-0.4, -0.2) is 48.3 Å². The van der Waals surface area contributed by atoms with E-state index in [9.17, 15) is 5.11 Å². The Kier molecular flexibility index (Phi) is 7.33. The normalized spacial score (nSPS) is 25.6. The zero-order chi connectivity index (χ0) is 14.3. The van der Waals surface area contributed by atoms with Gasteiger partial charge in [-0.3, -0.25) is 4.90 Å². The van der Waals surface area contributed by atoms with Crippen LogP contribution in [0.4, 0.5) is 0 Å². The van der Waals surface area contributed by atoms with E-state index in [0.29, 0.717) is 6.04 Å². The van der Waals surface area contributed by atoms with Gasteiger partial charge in [-0.1, -0.05) is 26.2 Å². The molecular weight excluding hydrogens is 236 g/mol. The third-order valence-corrected chi connectivity index (χ3v) is 4.74. The molecule has 0 aromatic heterocycles. The lowest BCUT2D eigenvalue weighted by Gasteiger charge is -2.38. The minimum atomic E-state index is -0.110. The fourth-order valence-corrected chi connectivity index (χ4v) is 2.92. The lowest BCUT2D eigenvalue weighted by molar-refractivity contribution is 0.0593. The lowest BCUT2D eigenvalue weighted by atomic mass is 9.92. The molecule has 0 heterocycles. The molecule has 1 fully saturated rings. The van der Waals surface area contributed by atoms with Crippen LogP contribution in [0.1, 0.15) is 59.3 Å². The van der Waals surface area contributed by atoms with Crippen LogP contribution < -0.4 is 5.32 Å². The number of nitrogens with one attached hydrogen (secondary N) is 1. The number of likely N-dealkylation sites (N-methyl/N-ethyl adjacent to an activating group) is 1. The molecule has 3 nitrogen and oxygen atoms in total. The van der Waals surface area contributed by atoms with Crippen LogP contribution in [0, 0.1) is 5.92 Å². The Morgan fingerprint density at radius 3 is 2.53 bits per heavy atom. The van der Waals surface area contributed by atoms with Gasteiger partial charge in [-0.15, -0.1) is 0 Å². The van der Waals surface area contributed by atoms with Gasteiger partial charge in [0, 0.05) is 18.1 Å². The van der Waals surface area contributed by atoms with Crippen LogP contribution in [0.2, 0.25) is 0 Å². The van der Waals surface area contributed by atoms with Crippen molar-refractivity contribution in [1.82, 2.24) is 10.2 Å². The average Bonchev–Trinajstić information content (AvgIpc) is 2.61. The van der Waals surface area contributed by atoms with E-state index in [1.807, 2.05) is 0 Å². The van der Waals surface area contributed by atoms with Crippen LogP contribution in [0.25, 0.3) is 0 Å². The summed E-state index contributed by atoms with van der Waals surface area (Å²) in [7, 11) is 2.15. The van der Waals surface area contributed by atoms with E-state index >= 15 is 0 Å². The molecule has 2 unspecified atom stereocenters. The Morgan fingerprint density at radius 1 is 1.21 bits per heavy atom. The first-order valence-corrected chi connectivity index (χ1v) is 8.06. The van der Waals surface area contributed by atoms with Gasteiger partial charge in [0.2, 0.25) is 0 Å². The van der Waals surface area contributed by atoms with E-state index in [-0.39, 0.29) is 12.1 Å². The van der Waals surface area contributed by atoms with E-state index in [1.165, 1.54) is 38.5 Å². The van der Waals surface area contributed by atoms with Crippen molar-refractivity contribution in [3.8, 4) is 0 Å². The number of nitrogens with zero attached hydrogens (tertiary/aromatic N) is 1. The van der Waals surface area contributed by atoms with Crippen molar-refractivity contribution in [3.05, 3.63) is 0 Å². The van der Waals surface area contributed by atoms with E-state index in [1.54, 1.807) is 0 Å². The summed E-state index contributed by atoms with van der Waals surface area (Å²) in [6.45, 7) is 8.93. The largest absolute Gasteiger partial charge is 0.394 e. The van der Waals surface area contributed by atoms with Crippen molar-refractivity contribution >= 4 is 0 Å². The van der Waals surface area contributed by atoms with Gasteiger partial charge in [0.05, 0.1) is 6.61 Å². The topological polar surface area (TPSA) is 35.5 Å². The Hall–Kier alpha value is -0.120. The average molecular weight is 270 g/mol. The molecule has 0 spiro atoms. The van der Waals surface area contributed by atoms with E-state index < -0.39 is 0 Å². The first kappa shape index (κ1) is 16.9. The van der Waals surface area contributed by atoms with Gasteiger partial charge in [-0.05, 0) is 52.6 Å². The minimum absolute atomic E-state index is 0.110. The van der Waals surface area contributed by atoms with Gasteiger partial charge in [-0.2, -0.15) is 0 Å². The molecule has 0 aliphatic heterocycles. The van der Waals surface area contributed by atoms with E-state index in [0.717, 1.165) is 19.0 Å². The maximum Gasteiger partial charge on any atom is 0.0609 e. The zero-order valence-electron chi connectivity index (χ0n) is 13.4. The quantitative estimate of drug-likeness (QED) is 0.698. The summed E-state index contributed by atoms with van der Waals surface area (Å²) in [6, 6.07) is 0.666. The monoisotopic (exact) mass is 270 g/mol. The number of hydrogen-bond acceptors (Lipinski definition) is 3. The van der Waals surface area contributed by atoms with Crippen molar-refractivity contribution in [2.75, 3.05) is 26.7 Å². The molecule has 114 valence electrons. The van der Waals surface area contributed by atoms with Crippen LogP contribution >= 0.6 is 0 Å². The highest BCUT2D eigenvalue weighted by molar-refractivity contribution is 4.85. The molecule has 1 saturated carbocycles. The van der Waals surface area contributed by atoms with Gasteiger partial charge in [-0.25, -0.2) is 0 Å². The maximum absolute atomic E-state index is 9.50. The van der Waals surface area contributed by atoms with Crippen LogP contribution in [-0.2, 0) is 0 Å². The Morgan fingerprint density at radius 2 is 1.89 bits per heavy atom. The first-order chi connectivity index (χ1) is 9.01. The second-order valence-corrected chi connectivity index (χ2v) is 6.81. The smallest absolute Gasteiger partial charge is 0.0609 e. The predicted molar refractivity (Wildman–Crippen MR) is 82.5 cm³/mol. The molecule has 0 saturated heterocycles. The molecule has 0 bridgehead atoms. The summed E-state index contributed by atoms with van der Waals surface area (Å²) in [5, 5.41) is 13.2. The summed E-state index contributed by atoms with van der Waals surface area (Å²) in [5.41, 5.74) is -0.110. The fourth-order valence-electron chi connectivity index (χ4n) is 2.92. The van der Waals surface area contributed by atoms with Crippen LogP contribution in [0.5, 0.6) is 0 Å². The van der Waals surface area contributed by atoms with Crippen molar-refractivity contribution in [2.45, 2.75) is 70.9 Å². The van der Waals surface area contributed by atoms with Crippen molar-refractivity contribution in [1.29, 1.82) is 0 Å². The van der Waals surface area contributed by atoms with E-state index in [2.05, 4.69) is 38.0 Å². The van der Waals surface area contributed by atoms with Crippen molar-refractivity contribution in [2.24, 2.45) is 5.92 Å². The minimum Gasteiger partial charge on any atom is -0.394 e. The molecule has 2 atom stereocenters. The molecule has 2 N–H and O–H groups in total. The third-order valence-electron chi connectivity index (χ3n) is 4.74. The number of aliphatic hydroxyl groups is 1. The molecule has 1 aliphatic carbocycles. The highest BCUT2D eigenvalue weighted by atomic mass is 16.3. The van der Waals surface area contributed by atoms with Crippen LogP contribution in [0.15, 0.2) is 0 Å². The van der Waals surface area contributed by atoms with Gasteiger partial charge < -0.3 is 10.4 Å². The molecule has 0 amide bonds. The highest BCUT2D eigenvalue weighted by Gasteiger charge is 2.29. The third kappa shape index (κ3) is 5.41. The second kappa shape index (κ2) is 8.23. The van der Waals surface area contributed by atoms with Gasteiger partial charge >= 0.3 is 0 Å². The summed E-state index contributed by atoms with van der Waals surface area (Å²) in [6.07, 6.45) is 7.97. The summed E-state index contributed by atoms with van der Waals surface area (Å²) in [4.78, 5) is 2.34. The SMILES string of the molecule is CCCNC1CCCCCC1CN(C)C(C)(C)CO. The molecule has 3 heteroatoms. The second-order valence-electron chi connectivity index (χ2n) is 6.81. The van der Waals surface area contributed by atoms with E-state index in [4.69, 9.17) is 0 Å². The van der Waals surface area contributed by atoms with Gasteiger partial charge in [0.1, 0.15) is 0 Å². The Balaban J connectivity index is 2.59. The number of rotatable bonds is 7.